The van der Waals surface area contributed by atoms with Crippen molar-refractivity contribution in [2.24, 2.45) is 0 Å². The molecule has 0 amide bonds. The molecule has 2 aromatic carbocycles. The number of piperidine rings is 1. The van der Waals surface area contributed by atoms with Crippen molar-refractivity contribution in [1.82, 2.24) is 10.2 Å². The molecule has 2 aromatic rings. The largest absolute Gasteiger partial charge is 0.497 e. The van der Waals surface area contributed by atoms with Gasteiger partial charge in [-0.1, -0.05) is 18.2 Å². The second-order valence-electron chi connectivity index (χ2n) is 7.86. The first-order chi connectivity index (χ1) is 11.5. The van der Waals surface area contributed by atoms with Crippen molar-refractivity contribution >= 4 is 10.8 Å². The Kier molecular flexibility index (Phi) is 5.12. The zero-order chi connectivity index (χ0) is 17.2. The molecule has 3 nitrogen and oxygen atoms in total. The average Bonchev–Trinajstić information content (AvgIpc) is 2.59. The fourth-order valence-electron chi connectivity index (χ4n) is 3.53. The number of rotatable bonds is 4. The molecule has 1 aliphatic rings. The molecule has 0 aliphatic carbocycles. The Balaban J connectivity index is 1.56. The van der Waals surface area contributed by atoms with Crippen LogP contribution in [0.2, 0.25) is 0 Å². The molecule has 24 heavy (non-hydrogen) atoms. The molecule has 0 bridgehead atoms. The number of nitrogens with zero attached hydrogens (tertiary/aromatic N) is 1. The SMILES string of the molecule is COc1ccc2cc(CNC3CCN(C(C)(C)C)CC3)ccc2c1. The van der Waals surface area contributed by atoms with Gasteiger partial charge in [0.05, 0.1) is 7.11 Å². The molecule has 1 N–H and O–H groups in total. The smallest absolute Gasteiger partial charge is 0.119 e. The van der Waals surface area contributed by atoms with Crippen LogP contribution in [0.3, 0.4) is 0 Å². The van der Waals surface area contributed by atoms with Crippen molar-refractivity contribution in [3.05, 3.63) is 42.0 Å². The van der Waals surface area contributed by atoms with Crippen molar-refractivity contribution in [3.63, 3.8) is 0 Å². The van der Waals surface area contributed by atoms with E-state index in [1.165, 1.54) is 42.3 Å². The maximum Gasteiger partial charge on any atom is 0.119 e. The minimum Gasteiger partial charge on any atom is -0.497 e. The summed E-state index contributed by atoms with van der Waals surface area (Å²) in [6.07, 6.45) is 2.48. The van der Waals surface area contributed by atoms with Crippen LogP contribution in [0.15, 0.2) is 36.4 Å². The molecule has 0 radical (unpaired) electrons. The Hall–Kier alpha value is -1.58. The summed E-state index contributed by atoms with van der Waals surface area (Å²) in [7, 11) is 1.71. The Morgan fingerprint density at radius 3 is 2.38 bits per heavy atom. The first-order valence-corrected chi connectivity index (χ1v) is 9.01. The lowest BCUT2D eigenvalue weighted by Crippen LogP contribution is -2.49. The summed E-state index contributed by atoms with van der Waals surface area (Å²) in [5.74, 6) is 0.916. The van der Waals surface area contributed by atoms with Crippen LogP contribution in [0, 0.1) is 0 Å². The van der Waals surface area contributed by atoms with Gasteiger partial charge in [-0.3, -0.25) is 4.90 Å². The van der Waals surface area contributed by atoms with E-state index in [1.807, 2.05) is 6.07 Å². The topological polar surface area (TPSA) is 24.5 Å². The minimum atomic E-state index is 0.296. The summed E-state index contributed by atoms with van der Waals surface area (Å²) < 4.78 is 5.30. The third kappa shape index (κ3) is 4.08. The molecular weight excluding hydrogens is 296 g/mol. The van der Waals surface area contributed by atoms with Gasteiger partial charge in [0, 0.05) is 31.2 Å². The van der Waals surface area contributed by atoms with Gasteiger partial charge in [-0.25, -0.2) is 0 Å². The van der Waals surface area contributed by atoms with E-state index in [0.29, 0.717) is 11.6 Å². The van der Waals surface area contributed by atoms with Crippen LogP contribution in [0.4, 0.5) is 0 Å². The maximum atomic E-state index is 5.30. The third-order valence-corrected chi connectivity index (χ3v) is 5.15. The molecule has 0 saturated carbocycles. The monoisotopic (exact) mass is 326 g/mol. The highest BCUT2D eigenvalue weighted by Gasteiger charge is 2.26. The fourth-order valence-corrected chi connectivity index (χ4v) is 3.53. The average molecular weight is 326 g/mol. The molecule has 0 unspecified atom stereocenters. The molecule has 1 fully saturated rings. The van der Waals surface area contributed by atoms with Crippen molar-refractivity contribution in [2.45, 2.75) is 51.7 Å². The highest BCUT2D eigenvalue weighted by Crippen LogP contribution is 2.23. The Bertz CT molecular complexity index is 682. The normalized spacial score (nSPS) is 17.3. The van der Waals surface area contributed by atoms with E-state index in [2.05, 4.69) is 61.3 Å². The van der Waals surface area contributed by atoms with Gasteiger partial charge in [-0.15, -0.1) is 0 Å². The van der Waals surface area contributed by atoms with Crippen LogP contribution in [-0.2, 0) is 6.54 Å². The number of methoxy groups -OCH3 is 1. The van der Waals surface area contributed by atoms with Gasteiger partial charge in [0.2, 0.25) is 0 Å². The lowest BCUT2D eigenvalue weighted by Gasteiger charge is -2.41. The summed E-state index contributed by atoms with van der Waals surface area (Å²) >= 11 is 0. The first kappa shape index (κ1) is 17.2. The summed E-state index contributed by atoms with van der Waals surface area (Å²) in [4.78, 5) is 2.59. The summed E-state index contributed by atoms with van der Waals surface area (Å²) in [6.45, 7) is 10.3. The van der Waals surface area contributed by atoms with Crippen LogP contribution in [0.5, 0.6) is 5.75 Å². The minimum absolute atomic E-state index is 0.296. The fraction of sp³-hybridized carbons (Fsp3) is 0.524. The van der Waals surface area contributed by atoms with E-state index in [-0.39, 0.29) is 0 Å². The molecule has 1 saturated heterocycles. The predicted octanol–water partition coefficient (Wildman–Crippen LogP) is 4.20. The van der Waals surface area contributed by atoms with Crippen molar-refractivity contribution < 1.29 is 4.74 Å². The molecule has 130 valence electrons. The number of hydrogen-bond acceptors (Lipinski definition) is 3. The van der Waals surface area contributed by atoms with Gasteiger partial charge in [0.1, 0.15) is 5.75 Å². The molecule has 3 heteroatoms. The highest BCUT2D eigenvalue weighted by molar-refractivity contribution is 5.84. The standard InChI is InChI=1S/C21H30N2O/c1-21(2,3)23-11-9-19(10-12-23)22-15-16-5-6-18-14-20(24-4)8-7-17(18)13-16/h5-8,13-14,19,22H,9-12,15H2,1-4H3. The number of ether oxygens (including phenoxy) is 1. The van der Waals surface area contributed by atoms with Gasteiger partial charge >= 0.3 is 0 Å². The number of fused-ring (bicyclic) bond motifs is 1. The van der Waals surface area contributed by atoms with Crippen LogP contribution >= 0.6 is 0 Å². The van der Waals surface area contributed by atoms with E-state index in [1.54, 1.807) is 7.11 Å². The van der Waals surface area contributed by atoms with Crippen molar-refractivity contribution in [2.75, 3.05) is 20.2 Å². The van der Waals surface area contributed by atoms with Crippen molar-refractivity contribution in [1.29, 1.82) is 0 Å². The number of benzene rings is 2. The summed E-state index contributed by atoms with van der Waals surface area (Å²) in [6, 6.07) is 13.6. The second kappa shape index (κ2) is 7.12. The van der Waals surface area contributed by atoms with Crippen LogP contribution < -0.4 is 10.1 Å². The van der Waals surface area contributed by atoms with Crippen LogP contribution in [0.1, 0.15) is 39.2 Å². The predicted molar refractivity (Wildman–Crippen MR) is 102 cm³/mol. The molecule has 1 heterocycles. The van der Waals surface area contributed by atoms with Gasteiger partial charge in [-0.05, 0) is 68.1 Å². The van der Waals surface area contributed by atoms with E-state index in [9.17, 15) is 0 Å². The Morgan fingerprint density at radius 2 is 1.71 bits per heavy atom. The second-order valence-corrected chi connectivity index (χ2v) is 7.86. The lowest BCUT2D eigenvalue weighted by molar-refractivity contribution is 0.0960. The van der Waals surface area contributed by atoms with Crippen molar-refractivity contribution in [3.8, 4) is 5.75 Å². The Morgan fingerprint density at radius 1 is 1.04 bits per heavy atom. The van der Waals surface area contributed by atoms with Gasteiger partial charge in [-0.2, -0.15) is 0 Å². The molecule has 0 atom stereocenters. The quantitative estimate of drug-likeness (QED) is 0.911. The molecule has 3 rings (SSSR count). The maximum absolute atomic E-state index is 5.30. The lowest BCUT2D eigenvalue weighted by atomic mass is 9.98. The van der Waals surface area contributed by atoms with E-state index >= 15 is 0 Å². The summed E-state index contributed by atoms with van der Waals surface area (Å²) in [5.41, 5.74) is 1.65. The highest BCUT2D eigenvalue weighted by atomic mass is 16.5. The molecule has 0 spiro atoms. The van der Waals surface area contributed by atoms with Crippen LogP contribution in [0.25, 0.3) is 10.8 Å². The third-order valence-electron chi connectivity index (χ3n) is 5.15. The van der Waals surface area contributed by atoms with Gasteiger partial charge in [0.25, 0.3) is 0 Å². The zero-order valence-corrected chi connectivity index (χ0v) is 15.4. The van der Waals surface area contributed by atoms with E-state index < -0.39 is 0 Å². The van der Waals surface area contributed by atoms with E-state index in [0.717, 1.165) is 12.3 Å². The van der Waals surface area contributed by atoms with Crippen LogP contribution in [-0.4, -0.2) is 36.7 Å². The van der Waals surface area contributed by atoms with E-state index in [4.69, 9.17) is 4.74 Å². The Labute approximate surface area is 146 Å². The zero-order valence-electron chi connectivity index (χ0n) is 15.4. The van der Waals surface area contributed by atoms with Gasteiger partial charge in [0.15, 0.2) is 0 Å². The summed E-state index contributed by atoms with van der Waals surface area (Å²) in [5, 5.41) is 6.25. The first-order valence-electron chi connectivity index (χ1n) is 9.01. The van der Waals surface area contributed by atoms with Gasteiger partial charge < -0.3 is 10.1 Å². The number of nitrogens with one attached hydrogen (secondary N) is 1. The number of likely N-dealkylation sites (tertiary alicyclic amines) is 1. The molecule has 1 aliphatic heterocycles. The molecular formula is C21H30N2O. The molecule has 0 aromatic heterocycles. The number of hydrogen-bond donors (Lipinski definition) is 1.